The molecule has 2 rings (SSSR count). The van der Waals surface area contributed by atoms with Crippen molar-refractivity contribution in [1.82, 2.24) is 10.2 Å². The van der Waals surface area contributed by atoms with Crippen LogP contribution in [0.4, 0.5) is 0 Å². The van der Waals surface area contributed by atoms with Crippen molar-refractivity contribution in [3.63, 3.8) is 0 Å². The zero-order valence-corrected chi connectivity index (χ0v) is 15.8. The molecule has 2 aliphatic rings. The average Bonchev–Trinajstić information content (AvgIpc) is 2.86. The molecule has 2 heteroatoms. The third-order valence-corrected chi connectivity index (χ3v) is 4.31. The van der Waals surface area contributed by atoms with Crippen molar-refractivity contribution in [2.45, 2.75) is 60.8 Å². The van der Waals surface area contributed by atoms with Gasteiger partial charge in [-0.25, -0.2) is 0 Å². The van der Waals surface area contributed by atoms with Crippen LogP contribution in [-0.4, -0.2) is 31.1 Å². The van der Waals surface area contributed by atoms with Gasteiger partial charge in [-0.15, -0.1) is 0 Å². The predicted molar refractivity (Wildman–Crippen MR) is 101 cm³/mol. The fourth-order valence-electron chi connectivity index (χ4n) is 3.42. The second-order valence-corrected chi connectivity index (χ2v) is 5.36. The minimum Gasteiger partial charge on any atom is -0.371 e. The number of likely N-dealkylation sites (N-methyl/N-ethyl adjacent to an activating group) is 1. The lowest BCUT2D eigenvalue weighted by Gasteiger charge is -2.34. The van der Waals surface area contributed by atoms with E-state index in [0.29, 0.717) is 5.41 Å². The van der Waals surface area contributed by atoms with E-state index in [0.717, 1.165) is 26.1 Å². The number of likely N-dealkylation sites (tertiary alicyclic amines) is 1. The lowest BCUT2D eigenvalue weighted by molar-refractivity contribution is 0.228. The van der Waals surface area contributed by atoms with Crippen LogP contribution in [0.1, 0.15) is 60.8 Å². The highest BCUT2D eigenvalue weighted by molar-refractivity contribution is 5.43. The molecule has 128 valence electrons. The molecule has 0 aromatic carbocycles. The molecule has 2 aliphatic heterocycles. The summed E-state index contributed by atoms with van der Waals surface area (Å²) in [4.78, 5) is 2.52. The quantitative estimate of drug-likeness (QED) is 0.775. The minimum absolute atomic E-state index is 0.395. The van der Waals surface area contributed by atoms with Gasteiger partial charge in [0.1, 0.15) is 0 Å². The van der Waals surface area contributed by atoms with Crippen LogP contribution in [0.15, 0.2) is 36.1 Å². The van der Waals surface area contributed by atoms with Crippen LogP contribution in [0.5, 0.6) is 0 Å². The van der Waals surface area contributed by atoms with Crippen molar-refractivity contribution < 1.29 is 0 Å². The molecule has 0 unspecified atom stereocenters. The van der Waals surface area contributed by atoms with Gasteiger partial charge in [-0.3, -0.25) is 0 Å². The van der Waals surface area contributed by atoms with Gasteiger partial charge >= 0.3 is 0 Å². The number of hydrogen-bond donors (Lipinski definition) is 1. The molecule has 0 aromatic heterocycles. The smallest absolute Gasteiger partial charge is 0.0401 e. The van der Waals surface area contributed by atoms with Gasteiger partial charge in [0.05, 0.1) is 0 Å². The zero-order chi connectivity index (χ0) is 17.0. The highest BCUT2D eigenvalue weighted by atomic mass is 15.2. The molecule has 22 heavy (non-hydrogen) atoms. The van der Waals surface area contributed by atoms with Crippen LogP contribution in [0.25, 0.3) is 0 Å². The first-order valence-electron chi connectivity index (χ1n) is 9.27. The second kappa shape index (κ2) is 11.5. The van der Waals surface area contributed by atoms with Crippen LogP contribution in [0.2, 0.25) is 0 Å². The second-order valence-electron chi connectivity index (χ2n) is 5.36. The molecule has 0 radical (unpaired) electrons. The number of allylic oxidation sites excluding steroid dienone is 4. The Morgan fingerprint density at radius 3 is 2.18 bits per heavy atom. The van der Waals surface area contributed by atoms with Crippen LogP contribution in [0.3, 0.4) is 0 Å². The Balaban J connectivity index is 0.00000102. The summed E-state index contributed by atoms with van der Waals surface area (Å²) in [7, 11) is 0. The van der Waals surface area contributed by atoms with E-state index in [2.05, 4.69) is 42.8 Å². The highest BCUT2D eigenvalue weighted by Gasteiger charge is 2.44. The lowest BCUT2D eigenvalue weighted by Crippen LogP contribution is -2.39. The van der Waals surface area contributed by atoms with E-state index in [4.69, 9.17) is 0 Å². The monoisotopic (exact) mass is 306 g/mol. The third-order valence-electron chi connectivity index (χ3n) is 4.31. The van der Waals surface area contributed by atoms with Crippen molar-refractivity contribution in [3.05, 3.63) is 36.1 Å². The summed E-state index contributed by atoms with van der Waals surface area (Å²) in [5.74, 6) is 0. The van der Waals surface area contributed by atoms with E-state index in [1.807, 2.05) is 33.8 Å². The van der Waals surface area contributed by atoms with Gasteiger partial charge in [-0.2, -0.15) is 0 Å². The first-order chi connectivity index (χ1) is 10.8. The molecule has 2 nitrogen and oxygen atoms in total. The zero-order valence-electron chi connectivity index (χ0n) is 15.8. The molecular formula is C20H38N2. The highest BCUT2D eigenvalue weighted by Crippen LogP contribution is 2.48. The summed E-state index contributed by atoms with van der Waals surface area (Å²) in [5.41, 5.74) is 3.39. The normalized spacial score (nSPS) is 22.9. The van der Waals surface area contributed by atoms with Gasteiger partial charge in [-0.05, 0) is 50.9 Å². The first kappa shape index (κ1) is 21.0. The van der Waals surface area contributed by atoms with Crippen LogP contribution < -0.4 is 5.32 Å². The van der Waals surface area contributed by atoms with Gasteiger partial charge < -0.3 is 10.2 Å². The molecule has 0 amide bonds. The molecular weight excluding hydrogens is 268 g/mol. The van der Waals surface area contributed by atoms with Crippen molar-refractivity contribution in [2.75, 3.05) is 26.2 Å². The largest absolute Gasteiger partial charge is 0.371 e. The van der Waals surface area contributed by atoms with Gasteiger partial charge in [0.25, 0.3) is 0 Å². The summed E-state index contributed by atoms with van der Waals surface area (Å²) in [6.45, 7) is 21.0. The molecule has 1 N–H and O–H groups in total. The lowest BCUT2D eigenvalue weighted by atomic mass is 9.74. The predicted octanol–water partition coefficient (Wildman–Crippen LogP) is 5.15. The molecule has 2 heterocycles. The Hall–Kier alpha value is -1.02. The molecule has 1 spiro atoms. The van der Waals surface area contributed by atoms with Gasteiger partial charge in [0, 0.05) is 24.2 Å². The summed E-state index contributed by atoms with van der Waals surface area (Å²) in [6, 6.07) is 0. The molecule has 2 fully saturated rings. The Labute approximate surface area is 139 Å². The average molecular weight is 307 g/mol. The SMILES string of the molecule is C=C/C=C1\C(=C/CC)C2(CCNCC2)CN1CC.CC.CC. The molecule has 2 saturated heterocycles. The number of nitrogens with zero attached hydrogens (tertiary/aromatic N) is 1. The topological polar surface area (TPSA) is 15.3 Å². The maximum atomic E-state index is 3.88. The summed E-state index contributed by atoms with van der Waals surface area (Å²) in [6.07, 6.45) is 10.2. The van der Waals surface area contributed by atoms with E-state index >= 15 is 0 Å². The summed E-state index contributed by atoms with van der Waals surface area (Å²) >= 11 is 0. The van der Waals surface area contributed by atoms with Crippen molar-refractivity contribution >= 4 is 0 Å². The summed E-state index contributed by atoms with van der Waals surface area (Å²) < 4.78 is 0. The van der Waals surface area contributed by atoms with E-state index < -0.39 is 0 Å². The van der Waals surface area contributed by atoms with Crippen molar-refractivity contribution in [2.24, 2.45) is 5.41 Å². The van der Waals surface area contributed by atoms with E-state index in [1.54, 1.807) is 5.57 Å². The molecule has 0 saturated carbocycles. The van der Waals surface area contributed by atoms with E-state index in [1.165, 1.54) is 25.1 Å². The number of hydrogen-bond acceptors (Lipinski definition) is 2. The summed E-state index contributed by atoms with van der Waals surface area (Å²) in [5, 5.41) is 3.49. The third kappa shape index (κ3) is 4.74. The van der Waals surface area contributed by atoms with Crippen LogP contribution >= 0.6 is 0 Å². The number of rotatable bonds is 3. The Morgan fingerprint density at radius 1 is 1.14 bits per heavy atom. The first-order valence-corrected chi connectivity index (χ1v) is 9.27. The van der Waals surface area contributed by atoms with Gasteiger partial charge in [-0.1, -0.05) is 53.3 Å². The molecule has 0 aromatic rings. The Bertz CT molecular complexity index is 360. The Morgan fingerprint density at radius 2 is 1.73 bits per heavy atom. The van der Waals surface area contributed by atoms with Crippen molar-refractivity contribution in [3.8, 4) is 0 Å². The van der Waals surface area contributed by atoms with Gasteiger partial charge in [0.2, 0.25) is 0 Å². The van der Waals surface area contributed by atoms with Gasteiger partial charge in [0.15, 0.2) is 0 Å². The maximum Gasteiger partial charge on any atom is 0.0401 e. The fourth-order valence-corrected chi connectivity index (χ4v) is 3.42. The number of piperidine rings is 1. The maximum absolute atomic E-state index is 3.88. The Kier molecular flexibility index (Phi) is 11.0. The standard InChI is InChI=1S/C16H26N2.2C2H6/c1-4-7-14-15(8-5-2)18(6-3)13-16(14)9-11-17-12-10-16;2*1-2/h5,7-8,17H,2,4,6,9-13H2,1,3H3;2*1-2H3/b14-7+,15-8+;;. The molecule has 0 atom stereocenters. The molecule has 0 aliphatic carbocycles. The number of nitrogens with one attached hydrogen (secondary N) is 1. The minimum atomic E-state index is 0.395. The van der Waals surface area contributed by atoms with E-state index in [9.17, 15) is 0 Å². The van der Waals surface area contributed by atoms with Crippen LogP contribution in [-0.2, 0) is 0 Å². The molecule has 0 bridgehead atoms. The van der Waals surface area contributed by atoms with Crippen molar-refractivity contribution in [1.29, 1.82) is 0 Å². The van der Waals surface area contributed by atoms with E-state index in [-0.39, 0.29) is 0 Å². The van der Waals surface area contributed by atoms with Crippen LogP contribution in [0, 0.1) is 5.41 Å². The fraction of sp³-hybridized carbons (Fsp3) is 0.700.